The number of nitrogens with one attached hydrogen (secondary N) is 1. The molecule has 1 aromatic heterocycles. The maximum absolute atomic E-state index is 12.1. The maximum atomic E-state index is 12.1. The molecule has 0 saturated heterocycles. The van der Waals surface area contributed by atoms with Gasteiger partial charge in [0.05, 0.1) is 28.8 Å². The number of ether oxygens (including phenoxy) is 2. The van der Waals surface area contributed by atoms with Crippen molar-refractivity contribution in [2.24, 2.45) is 5.41 Å². The summed E-state index contributed by atoms with van der Waals surface area (Å²) >= 11 is 0. The van der Waals surface area contributed by atoms with E-state index in [1.165, 1.54) is 0 Å². The van der Waals surface area contributed by atoms with Crippen molar-refractivity contribution in [2.45, 2.75) is 71.1 Å². The molecule has 1 fully saturated rings. The predicted octanol–water partition coefficient (Wildman–Crippen LogP) is 5.49. The third-order valence-corrected chi connectivity index (χ3v) is 6.09. The van der Waals surface area contributed by atoms with Gasteiger partial charge in [0, 0.05) is 12.5 Å². The number of hydrogen-bond donors (Lipinski definition) is 2. The van der Waals surface area contributed by atoms with Crippen molar-refractivity contribution in [2.75, 3.05) is 7.11 Å². The van der Waals surface area contributed by atoms with E-state index in [-0.39, 0.29) is 12.1 Å². The second-order valence-electron chi connectivity index (χ2n) is 9.79. The van der Waals surface area contributed by atoms with Gasteiger partial charge in [-0.15, -0.1) is 0 Å². The normalized spacial score (nSPS) is 22.3. The molecule has 33 heavy (non-hydrogen) atoms. The number of hydrogen-bond acceptors (Lipinski definition) is 5. The van der Waals surface area contributed by atoms with Crippen LogP contribution in [0.5, 0.6) is 0 Å². The number of aliphatic carboxylic acids is 1. The summed E-state index contributed by atoms with van der Waals surface area (Å²) in [7, 11) is 1.68. The van der Waals surface area contributed by atoms with E-state index in [1.807, 2.05) is 70.2 Å². The van der Waals surface area contributed by atoms with Crippen molar-refractivity contribution in [3.8, 4) is 0 Å². The number of rotatable bonds is 6. The van der Waals surface area contributed by atoms with Gasteiger partial charge in [-0.3, -0.25) is 9.78 Å². The number of amides is 1. The molecule has 2 aromatic rings. The van der Waals surface area contributed by atoms with Crippen LogP contribution in [0.25, 0.3) is 17.0 Å². The largest absolute Gasteiger partial charge is 0.481 e. The Kier molecular flexibility index (Phi) is 7.42. The van der Waals surface area contributed by atoms with E-state index in [0.29, 0.717) is 12.8 Å². The summed E-state index contributed by atoms with van der Waals surface area (Å²) in [5, 5.41) is 13.7. The molecule has 1 aliphatic carbocycles. The van der Waals surface area contributed by atoms with Crippen LogP contribution in [0.15, 0.2) is 36.4 Å². The second-order valence-corrected chi connectivity index (χ2v) is 9.79. The summed E-state index contributed by atoms with van der Waals surface area (Å²) in [6, 6.07) is 9.38. The molecule has 178 valence electrons. The lowest BCUT2D eigenvalue weighted by atomic mass is 9.72. The molecule has 7 heteroatoms. The van der Waals surface area contributed by atoms with E-state index in [2.05, 4.69) is 5.32 Å². The van der Waals surface area contributed by atoms with Gasteiger partial charge in [0.15, 0.2) is 0 Å². The fraction of sp³-hybridized carbons (Fsp3) is 0.500. The molecule has 0 unspecified atom stereocenters. The van der Waals surface area contributed by atoms with Crippen molar-refractivity contribution in [3.05, 3.63) is 47.7 Å². The lowest BCUT2D eigenvalue weighted by molar-refractivity contribution is -0.148. The number of carboxylic acid groups (broad SMARTS) is 1. The molecule has 1 heterocycles. The fourth-order valence-electron chi connectivity index (χ4n) is 4.10. The molecule has 0 spiro atoms. The first-order valence-corrected chi connectivity index (χ1v) is 11.4. The van der Waals surface area contributed by atoms with E-state index in [0.717, 1.165) is 35.0 Å². The first kappa shape index (κ1) is 24.7. The van der Waals surface area contributed by atoms with Crippen molar-refractivity contribution in [1.82, 2.24) is 10.3 Å². The van der Waals surface area contributed by atoms with Crippen LogP contribution in [0.3, 0.4) is 0 Å². The third-order valence-electron chi connectivity index (χ3n) is 6.09. The van der Waals surface area contributed by atoms with Crippen LogP contribution in [0.2, 0.25) is 0 Å². The number of alkyl carbamates (subject to hydrolysis) is 1. The highest BCUT2D eigenvalue weighted by Gasteiger charge is 2.39. The SMILES string of the molecule is CO[C@H]1CC[C@](/C=C/c2ccc3ccc([C@@H](C)NC(=O)OC(C)(C)C)nc3c2)(C(=O)O)CC1. The van der Waals surface area contributed by atoms with Crippen LogP contribution in [0.4, 0.5) is 4.79 Å². The van der Waals surface area contributed by atoms with Gasteiger partial charge in [-0.25, -0.2) is 4.79 Å². The van der Waals surface area contributed by atoms with Crippen LogP contribution in [0, 0.1) is 5.41 Å². The van der Waals surface area contributed by atoms with Gasteiger partial charge in [0.1, 0.15) is 5.60 Å². The van der Waals surface area contributed by atoms with Crippen LogP contribution in [-0.2, 0) is 14.3 Å². The molecule has 0 radical (unpaired) electrons. The molecule has 2 N–H and O–H groups in total. The zero-order valence-electron chi connectivity index (χ0n) is 20.1. The smallest absolute Gasteiger partial charge is 0.408 e. The van der Waals surface area contributed by atoms with Crippen LogP contribution in [0.1, 0.15) is 70.7 Å². The van der Waals surface area contributed by atoms with E-state index in [9.17, 15) is 14.7 Å². The molecule has 1 aromatic carbocycles. The Hall–Kier alpha value is -2.93. The minimum absolute atomic E-state index is 0.130. The minimum atomic E-state index is -0.870. The Morgan fingerprint density at radius 3 is 2.48 bits per heavy atom. The highest BCUT2D eigenvalue weighted by Crippen LogP contribution is 2.39. The Morgan fingerprint density at radius 2 is 1.88 bits per heavy atom. The zero-order valence-corrected chi connectivity index (χ0v) is 20.1. The molecular formula is C26H34N2O5. The van der Waals surface area contributed by atoms with Crippen LogP contribution < -0.4 is 5.32 Å². The Morgan fingerprint density at radius 1 is 1.21 bits per heavy atom. The second kappa shape index (κ2) is 9.91. The summed E-state index contributed by atoms with van der Waals surface area (Å²) in [6.45, 7) is 7.31. The zero-order chi connectivity index (χ0) is 24.2. The number of carboxylic acids is 1. The molecule has 0 bridgehead atoms. The summed E-state index contributed by atoms with van der Waals surface area (Å²) in [4.78, 5) is 28.9. The number of methoxy groups -OCH3 is 1. The number of pyridine rings is 1. The molecule has 1 amide bonds. The molecular weight excluding hydrogens is 420 g/mol. The lowest BCUT2D eigenvalue weighted by Gasteiger charge is -2.34. The number of nitrogens with zero attached hydrogens (tertiary/aromatic N) is 1. The van der Waals surface area contributed by atoms with Crippen molar-refractivity contribution >= 4 is 29.0 Å². The lowest BCUT2D eigenvalue weighted by Crippen LogP contribution is -2.35. The van der Waals surface area contributed by atoms with Gasteiger partial charge in [-0.05, 0) is 71.1 Å². The average Bonchev–Trinajstić information content (AvgIpc) is 2.76. The van der Waals surface area contributed by atoms with Gasteiger partial charge in [0.25, 0.3) is 0 Å². The highest BCUT2D eigenvalue weighted by atomic mass is 16.6. The first-order valence-electron chi connectivity index (χ1n) is 11.4. The number of carbonyl (C=O) groups is 2. The van der Waals surface area contributed by atoms with Gasteiger partial charge in [-0.1, -0.05) is 30.4 Å². The molecule has 1 atom stereocenters. The Balaban J connectivity index is 1.78. The fourth-order valence-corrected chi connectivity index (χ4v) is 4.10. The third kappa shape index (κ3) is 6.32. The molecule has 3 rings (SSSR count). The number of fused-ring (bicyclic) bond motifs is 1. The van der Waals surface area contributed by atoms with Crippen LogP contribution in [-0.4, -0.2) is 41.0 Å². The van der Waals surface area contributed by atoms with Crippen molar-refractivity contribution in [3.63, 3.8) is 0 Å². The minimum Gasteiger partial charge on any atom is -0.481 e. The number of benzene rings is 1. The first-order chi connectivity index (χ1) is 15.5. The summed E-state index contributed by atoms with van der Waals surface area (Å²) in [5.41, 5.74) is 0.937. The number of aromatic nitrogens is 1. The monoisotopic (exact) mass is 454 g/mol. The number of carbonyl (C=O) groups excluding carboxylic acids is 1. The van der Waals surface area contributed by atoms with E-state index in [4.69, 9.17) is 14.5 Å². The van der Waals surface area contributed by atoms with Gasteiger partial charge < -0.3 is 19.9 Å². The topological polar surface area (TPSA) is 97.8 Å². The quantitative estimate of drug-likeness (QED) is 0.599. The molecule has 7 nitrogen and oxygen atoms in total. The Bertz CT molecular complexity index is 1030. The summed E-state index contributed by atoms with van der Waals surface area (Å²) in [6.07, 6.45) is 5.91. The highest BCUT2D eigenvalue weighted by molar-refractivity contribution is 5.83. The standard InChI is InChI=1S/C26H34N2O5/c1-17(27-24(31)33-25(2,3)4)21-9-8-19-7-6-18(16-22(19)28-21)10-13-26(23(29)30)14-11-20(32-5)12-15-26/h6-10,13,16-17,20H,11-12,14-15H2,1-5H3,(H,27,31)(H,29,30)/b13-10+/t17-,20-,26-/m1/s1. The molecule has 1 saturated carbocycles. The van der Waals surface area contributed by atoms with Gasteiger partial charge in [-0.2, -0.15) is 0 Å². The summed E-state index contributed by atoms with van der Waals surface area (Å²) < 4.78 is 10.7. The summed E-state index contributed by atoms with van der Waals surface area (Å²) in [5.74, 6) is -0.795. The van der Waals surface area contributed by atoms with Gasteiger partial charge >= 0.3 is 12.1 Å². The van der Waals surface area contributed by atoms with Crippen LogP contribution >= 0.6 is 0 Å². The predicted molar refractivity (Wildman–Crippen MR) is 128 cm³/mol. The van der Waals surface area contributed by atoms with Gasteiger partial charge in [0.2, 0.25) is 0 Å². The van der Waals surface area contributed by atoms with Crippen molar-refractivity contribution < 1.29 is 24.2 Å². The maximum Gasteiger partial charge on any atom is 0.408 e. The van der Waals surface area contributed by atoms with E-state index >= 15 is 0 Å². The van der Waals surface area contributed by atoms with Crippen molar-refractivity contribution in [1.29, 1.82) is 0 Å². The molecule has 0 aliphatic heterocycles. The molecule has 1 aliphatic rings. The van der Waals surface area contributed by atoms with E-state index < -0.39 is 23.1 Å². The van der Waals surface area contributed by atoms with E-state index in [1.54, 1.807) is 7.11 Å². The Labute approximate surface area is 195 Å². The average molecular weight is 455 g/mol.